The molecule has 1 aliphatic rings. The number of rotatable bonds is 5. The largest absolute Gasteiger partial charge is 0.497 e. The van der Waals surface area contributed by atoms with Crippen molar-refractivity contribution in [3.63, 3.8) is 0 Å². The van der Waals surface area contributed by atoms with E-state index in [1.165, 1.54) is 25.7 Å². The predicted molar refractivity (Wildman–Crippen MR) is 100 cm³/mol. The van der Waals surface area contributed by atoms with Crippen LogP contribution >= 0.6 is 0 Å². The third-order valence-corrected chi connectivity index (χ3v) is 4.43. The summed E-state index contributed by atoms with van der Waals surface area (Å²) in [6.45, 7) is 4.04. The van der Waals surface area contributed by atoms with Crippen LogP contribution < -0.4 is 19.7 Å². The van der Waals surface area contributed by atoms with Crippen molar-refractivity contribution in [1.82, 2.24) is 9.97 Å². The summed E-state index contributed by atoms with van der Waals surface area (Å²) in [5, 5.41) is 3.35. The van der Waals surface area contributed by atoms with Gasteiger partial charge in [-0.2, -0.15) is 0 Å². The van der Waals surface area contributed by atoms with Gasteiger partial charge in [0.1, 0.15) is 29.0 Å². The minimum Gasteiger partial charge on any atom is -0.497 e. The van der Waals surface area contributed by atoms with E-state index in [9.17, 15) is 0 Å². The molecule has 2 heterocycles. The van der Waals surface area contributed by atoms with Gasteiger partial charge in [0.25, 0.3) is 0 Å². The first kappa shape index (κ1) is 17.3. The van der Waals surface area contributed by atoms with Crippen LogP contribution in [0.3, 0.4) is 0 Å². The smallest absolute Gasteiger partial charge is 0.146 e. The SMILES string of the molecule is COc1ccc(Nc2cc(N3CCCCCC3)nc(C)n2)c(OC)c1. The molecule has 6 nitrogen and oxygen atoms in total. The second kappa shape index (κ2) is 8.05. The minimum atomic E-state index is 0.715. The van der Waals surface area contributed by atoms with Crippen LogP contribution in [0.2, 0.25) is 0 Å². The average molecular weight is 342 g/mol. The second-order valence-corrected chi connectivity index (χ2v) is 6.25. The Balaban J connectivity index is 1.85. The summed E-state index contributed by atoms with van der Waals surface area (Å²) in [4.78, 5) is 11.5. The Labute approximate surface area is 149 Å². The number of anilines is 3. The van der Waals surface area contributed by atoms with E-state index in [0.717, 1.165) is 42.0 Å². The van der Waals surface area contributed by atoms with Crippen molar-refractivity contribution in [3.05, 3.63) is 30.1 Å². The molecular weight excluding hydrogens is 316 g/mol. The van der Waals surface area contributed by atoms with Crippen LogP contribution in [0.5, 0.6) is 11.5 Å². The highest BCUT2D eigenvalue weighted by atomic mass is 16.5. The van der Waals surface area contributed by atoms with Crippen LogP contribution in [0, 0.1) is 6.92 Å². The molecule has 0 radical (unpaired) electrons. The van der Waals surface area contributed by atoms with Crippen molar-refractivity contribution in [2.45, 2.75) is 32.6 Å². The van der Waals surface area contributed by atoms with Crippen molar-refractivity contribution in [3.8, 4) is 11.5 Å². The lowest BCUT2D eigenvalue weighted by molar-refractivity contribution is 0.395. The molecule has 6 heteroatoms. The van der Waals surface area contributed by atoms with E-state index in [-0.39, 0.29) is 0 Å². The van der Waals surface area contributed by atoms with Gasteiger partial charge in [0.2, 0.25) is 0 Å². The highest BCUT2D eigenvalue weighted by molar-refractivity contribution is 5.67. The van der Waals surface area contributed by atoms with Crippen LogP contribution in [0.15, 0.2) is 24.3 Å². The van der Waals surface area contributed by atoms with Gasteiger partial charge in [0, 0.05) is 25.2 Å². The van der Waals surface area contributed by atoms with Crippen LogP contribution in [0.4, 0.5) is 17.3 Å². The topological polar surface area (TPSA) is 59.5 Å². The van der Waals surface area contributed by atoms with Gasteiger partial charge in [-0.25, -0.2) is 9.97 Å². The van der Waals surface area contributed by atoms with Crippen LogP contribution in [-0.4, -0.2) is 37.3 Å². The Kier molecular flexibility index (Phi) is 5.58. The van der Waals surface area contributed by atoms with E-state index >= 15 is 0 Å². The highest BCUT2D eigenvalue weighted by Crippen LogP contribution is 2.31. The number of hydrogen-bond donors (Lipinski definition) is 1. The normalized spacial score (nSPS) is 14.8. The van der Waals surface area contributed by atoms with Crippen molar-refractivity contribution in [1.29, 1.82) is 0 Å². The average Bonchev–Trinajstić information content (AvgIpc) is 2.91. The standard InChI is InChI=1S/C19H26N4O2/c1-14-20-18(13-19(21-14)23-10-6-4-5-7-11-23)22-16-9-8-15(24-2)12-17(16)25-3/h8-9,12-13H,4-7,10-11H2,1-3H3,(H,20,21,22). The third kappa shape index (κ3) is 4.32. The fourth-order valence-electron chi connectivity index (χ4n) is 3.12. The molecule has 1 N–H and O–H groups in total. The van der Waals surface area contributed by atoms with Crippen LogP contribution in [0.1, 0.15) is 31.5 Å². The molecule has 0 amide bonds. The van der Waals surface area contributed by atoms with Gasteiger partial charge in [-0.15, -0.1) is 0 Å². The van der Waals surface area contributed by atoms with E-state index in [2.05, 4.69) is 20.2 Å². The summed E-state index contributed by atoms with van der Waals surface area (Å²) in [6.07, 6.45) is 5.04. The number of nitrogens with zero attached hydrogens (tertiary/aromatic N) is 3. The minimum absolute atomic E-state index is 0.715. The molecule has 0 atom stereocenters. The van der Waals surface area contributed by atoms with Gasteiger partial charge >= 0.3 is 0 Å². The molecule has 1 aromatic heterocycles. The molecule has 2 aromatic rings. The zero-order valence-corrected chi connectivity index (χ0v) is 15.2. The number of methoxy groups -OCH3 is 2. The number of nitrogens with one attached hydrogen (secondary N) is 1. The molecule has 0 saturated carbocycles. The molecule has 1 aromatic carbocycles. The molecule has 0 aliphatic carbocycles. The van der Waals surface area contributed by atoms with E-state index in [4.69, 9.17) is 9.47 Å². The molecule has 1 fully saturated rings. The second-order valence-electron chi connectivity index (χ2n) is 6.25. The van der Waals surface area contributed by atoms with Gasteiger partial charge in [-0.05, 0) is 31.9 Å². The first-order valence-corrected chi connectivity index (χ1v) is 8.79. The van der Waals surface area contributed by atoms with E-state index < -0.39 is 0 Å². The van der Waals surface area contributed by atoms with Gasteiger partial charge in [-0.3, -0.25) is 0 Å². The van der Waals surface area contributed by atoms with Gasteiger partial charge < -0.3 is 19.7 Å². The van der Waals surface area contributed by atoms with E-state index in [1.807, 2.05) is 31.2 Å². The quantitative estimate of drug-likeness (QED) is 0.888. The summed E-state index contributed by atoms with van der Waals surface area (Å²) < 4.78 is 10.7. The van der Waals surface area contributed by atoms with Gasteiger partial charge in [0.15, 0.2) is 0 Å². The number of hydrogen-bond acceptors (Lipinski definition) is 6. The van der Waals surface area contributed by atoms with E-state index in [0.29, 0.717) is 5.75 Å². The Morgan fingerprint density at radius 1 is 0.960 bits per heavy atom. The van der Waals surface area contributed by atoms with Crippen molar-refractivity contribution in [2.75, 3.05) is 37.5 Å². The summed E-state index contributed by atoms with van der Waals surface area (Å²) in [5.74, 6) is 4.00. The summed E-state index contributed by atoms with van der Waals surface area (Å²) in [7, 11) is 3.29. The Morgan fingerprint density at radius 3 is 2.40 bits per heavy atom. The van der Waals surface area contributed by atoms with E-state index in [1.54, 1.807) is 14.2 Å². The molecule has 0 unspecified atom stereocenters. The number of aryl methyl sites for hydroxylation is 1. The molecular formula is C19H26N4O2. The Hall–Kier alpha value is -2.50. The molecule has 0 spiro atoms. The maximum atomic E-state index is 5.46. The predicted octanol–water partition coefficient (Wildman–Crippen LogP) is 3.93. The number of ether oxygens (including phenoxy) is 2. The fraction of sp³-hybridized carbons (Fsp3) is 0.474. The molecule has 0 bridgehead atoms. The number of benzene rings is 1. The lowest BCUT2D eigenvalue weighted by atomic mass is 10.2. The summed E-state index contributed by atoms with van der Waals surface area (Å²) in [6, 6.07) is 7.70. The molecule has 25 heavy (non-hydrogen) atoms. The third-order valence-electron chi connectivity index (χ3n) is 4.43. The lowest BCUT2D eigenvalue weighted by Crippen LogP contribution is -2.25. The molecule has 1 aliphatic heterocycles. The first-order chi connectivity index (χ1) is 12.2. The fourth-order valence-corrected chi connectivity index (χ4v) is 3.12. The van der Waals surface area contributed by atoms with Gasteiger partial charge in [0.05, 0.1) is 19.9 Å². The highest BCUT2D eigenvalue weighted by Gasteiger charge is 2.14. The van der Waals surface area contributed by atoms with Crippen LogP contribution in [0.25, 0.3) is 0 Å². The summed E-state index contributed by atoms with van der Waals surface area (Å²) in [5.41, 5.74) is 0.850. The number of aromatic nitrogens is 2. The Morgan fingerprint density at radius 2 is 1.72 bits per heavy atom. The molecule has 134 valence electrons. The van der Waals surface area contributed by atoms with Gasteiger partial charge in [-0.1, -0.05) is 12.8 Å². The summed E-state index contributed by atoms with van der Waals surface area (Å²) >= 11 is 0. The first-order valence-electron chi connectivity index (χ1n) is 8.79. The van der Waals surface area contributed by atoms with Crippen molar-refractivity contribution < 1.29 is 9.47 Å². The van der Waals surface area contributed by atoms with Crippen molar-refractivity contribution >= 4 is 17.3 Å². The maximum absolute atomic E-state index is 5.46. The maximum Gasteiger partial charge on any atom is 0.146 e. The zero-order chi connectivity index (χ0) is 17.6. The lowest BCUT2D eigenvalue weighted by Gasteiger charge is -2.22. The molecule has 1 saturated heterocycles. The Bertz CT molecular complexity index is 713. The monoisotopic (exact) mass is 342 g/mol. The van der Waals surface area contributed by atoms with Crippen LogP contribution in [-0.2, 0) is 0 Å². The zero-order valence-electron chi connectivity index (χ0n) is 15.2. The van der Waals surface area contributed by atoms with Crippen molar-refractivity contribution in [2.24, 2.45) is 0 Å². The molecule has 3 rings (SSSR count).